The lowest BCUT2D eigenvalue weighted by Crippen LogP contribution is -2.40. The topological polar surface area (TPSA) is 91.2 Å². The summed E-state index contributed by atoms with van der Waals surface area (Å²) in [5, 5.41) is 14.4. The van der Waals surface area contributed by atoms with Gasteiger partial charge in [0.15, 0.2) is 6.10 Å². The average Bonchev–Trinajstić information content (AvgIpc) is 2.65. The molecule has 6 heteroatoms. The lowest BCUT2D eigenvalue weighted by Gasteiger charge is -2.15. The minimum atomic E-state index is -0.751. The lowest BCUT2D eigenvalue weighted by molar-refractivity contribution is -0.127. The number of hydrogen-bond acceptors (Lipinski definition) is 4. The van der Waals surface area contributed by atoms with E-state index in [1.54, 1.807) is 55.5 Å². The summed E-state index contributed by atoms with van der Waals surface area (Å²) in [7, 11) is 0. The van der Waals surface area contributed by atoms with Crippen LogP contribution >= 0.6 is 0 Å². The molecule has 0 aliphatic carbocycles. The number of para-hydroxylation sites is 1. The van der Waals surface area contributed by atoms with E-state index in [0.717, 1.165) is 0 Å². The quantitative estimate of drug-likeness (QED) is 0.755. The average molecular weight is 337 g/mol. The molecule has 0 spiro atoms. The van der Waals surface area contributed by atoms with Crippen molar-refractivity contribution in [3.63, 3.8) is 0 Å². The highest BCUT2D eigenvalue weighted by Crippen LogP contribution is 2.18. The van der Waals surface area contributed by atoms with Crippen molar-refractivity contribution in [3.05, 3.63) is 65.7 Å². The van der Waals surface area contributed by atoms with E-state index in [1.807, 2.05) is 12.1 Å². The van der Waals surface area contributed by atoms with Gasteiger partial charge in [-0.3, -0.25) is 9.59 Å². The number of hydrogen-bond donors (Lipinski definition) is 2. The zero-order valence-electron chi connectivity index (χ0n) is 13.9. The predicted molar refractivity (Wildman–Crippen MR) is 93.0 cm³/mol. The van der Waals surface area contributed by atoms with Crippen LogP contribution in [-0.4, -0.2) is 31.0 Å². The minimum absolute atomic E-state index is 0.193. The summed E-state index contributed by atoms with van der Waals surface area (Å²) in [5.41, 5.74) is 0.941. The molecule has 2 aromatic carbocycles. The van der Waals surface area contributed by atoms with Gasteiger partial charge in [-0.2, -0.15) is 5.26 Å². The van der Waals surface area contributed by atoms with Crippen molar-refractivity contribution in [1.82, 2.24) is 10.6 Å². The van der Waals surface area contributed by atoms with Crippen molar-refractivity contribution in [2.24, 2.45) is 0 Å². The molecule has 2 rings (SSSR count). The van der Waals surface area contributed by atoms with Crippen LogP contribution in [0, 0.1) is 11.3 Å². The fourth-order valence-electron chi connectivity index (χ4n) is 2.10. The molecule has 0 heterocycles. The zero-order valence-corrected chi connectivity index (χ0v) is 13.9. The van der Waals surface area contributed by atoms with Crippen molar-refractivity contribution < 1.29 is 14.3 Å². The van der Waals surface area contributed by atoms with Gasteiger partial charge in [0.2, 0.25) is 0 Å². The van der Waals surface area contributed by atoms with Gasteiger partial charge in [-0.25, -0.2) is 0 Å². The maximum atomic E-state index is 12.0. The highest BCUT2D eigenvalue weighted by molar-refractivity contribution is 5.94. The van der Waals surface area contributed by atoms with E-state index in [-0.39, 0.29) is 18.4 Å². The second-order valence-electron chi connectivity index (χ2n) is 5.28. The van der Waals surface area contributed by atoms with Gasteiger partial charge in [0, 0.05) is 18.7 Å². The second-order valence-corrected chi connectivity index (χ2v) is 5.28. The van der Waals surface area contributed by atoms with Gasteiger partial charge in [-0.1, -0.05) is 30.3 Å². The maximum Gasteiger partial charge on any atom is 0.260 e. The standard InChI is InChI=1S/C19H19N3O3/c1-14(25-17-10-6-5-9-16(17)13-20)18(23)21-11-12-22-19(24)15-7-3-2-4-8-15/h2-10,14H,11-12H2,1H3,(H,21,23)(H,22,24). The van der Waals surface area contributed by atoms with Gasteiger partial charge in [-0.15, -0.1) is 0 Å². The molecule has 1 unspecified atom stereocenters. The highest BCUT2D eigenvalue weighted by atomic mass is 16.5. The van der Waals surface area contributed by atoms with Crippen molar-refractivity contribution in [2.75, 3.05) is 13.1 Å². The lowest BCUT2D eigenvalue weighted by atomic mass is 10.2. The Bertz CT molecular complexity index is 769. The number of amides is 2. The van der Waals surface area contributed by atoms with Crippen LogP contribution in [0.2, 0.25) is 0 Å². The van der Waals surface area contributed by atoms with Crippen LogP contribution in [0.25, 0.3) is 0 Å². The van der Waals surface area contributed by atoms with Crippen LogP contribution < -0.4 is 15.4 Å². The van der Waals surface area contributed by atoms with E-state index in [4.69, 9.17) is 10.00 Å². The third-order valence-corrected chi connectivity index (χ3v) is 3.43. The van der Waals surface area contributed by atoms with Gasteiger partial charge in [-0.05, 0) is 31.2 Å². The molecular weight excluding hydrogens is 318 g/mol. The number of carbonyl (C=O) groups excluding carboxylic acids is 2. The van der Waals surface area contributed by atoms with Crippen molar-refractivity contribution in [1.29, 1.82) is 5.26 Å². The van der Waals surface area contributed by atoms with Crippen LogP contribution in [0.4, 0.5) is 0 Å². The fraction of sp³-hybridized carbons (Fsp3) is 0.211. The largest absolute Gasteiger partial charge is 0.480 e. The maximum absolute atomic E-state index is 12.0. The minimum Gasteiger partial charge on any atom is -0.480 e. The molecule has 0 aliphatic rings. The van der Waals surface area contributed by atoms with E-state index >= 15 is 0 Å². The molecule has 0 fully saturated rings. The molecule has 2 amide bonds. The van der Waals surface area contributed by atoms with Crippen LogP contribution in [0.5, 0.6) is 5.75 Å². The van der Waals surface area contributed by atoms with E-state index < -0.39 is 6.10 Å². The molecule has 128 valence electrons. The van der Waals surface area contributed by atoms with Crippen molar-refractivity contribution in [3.8, 4) is 11.8 Å². The SMILES string of the molecule is CC(Oc1ccccc1C#N)C(=O)NCCNC(=O)c1ccccc1. The summed E-state index contributed by atoms with van der Waals surface area (Å²) >= 11 is 0. The van der Waals surface area contributed by atoms with Gasteiger partial charge < -0.3 is 15.4 Å². The summed E-state index contributed by atoms with van der Waals surface area (Å²) in [6.07, 6.45) is -0.751. The molecule has 0 aromatic heterocycles. The molecule has 0 saturated heterocycles. The van der Waals surface area contributed by atoms with Gasteiger partial charge in [0.25, 0.3) is 11.8 Å². The Labute approximate surface area is 146 Å². The first kappa shape index (κ1) is 18.0. The van der Waals surface area contributed by atoms with E-state index in [9.17, 15) is 9.59 Å². The molecule has 2 aromatic rings. The van der Waals surface area contributed by atoms with Gasteiger partial charge in [0.1, 0.15) is 11.8 Å². The number of nitriles is 1. The molecule has 2 N–H and O–H groups in total. The molecule has 1 atom stereocenters. The second kappa shape index (κ2) is 9.08. The van der Waals surface area contributed by atoms with E-state index in [1.165, 1.54) is 0 Å². The first-order valence-electron chi connectivity index (χ1n) is 7.88. The number of carbonyl (C=O) groups is 2. The summed E-state index contributed by atoms with van der Waals surface area (Å²) in [6.45, 7) is 2.19. The molecule has 0 radical (unpaired) electrons. The van der Waals surface area contributed by atoms with Crippen LogP contribution in [0.1, 0.15) is 22.8 Å². The summed E-state index contributed by atoms with van der Waals surface area (Å²) in [5.74, 6) is -0.145. The summed E-state index contributed by atoms with van der Waals surface area (Å²) in [4.78, 5) is 23.9. The molecule has 0 aliphatic heterocycles. The molecule has 6 nitrogen and oxygen atoms in total. The van der Waals surface area contributed by atoms with Crippen LogP contribution in [-0.2, 0) is 4.79 Å². The zero-order chi connectivity index (χ0) is 18.1. The Morgan fingerprint density at radius 3 is 2.40 bits per heavy atom. The third-order valence-electron chi connectivity index (χ3n) is 3.43. The number of ether oxygens (including phenoxy) is 1. The Hall–Kier alpha value is -3.33. The third kappa shape index (κ3) is 5.36. The highest BCUT2D eigenvalue weighted by Gasteiger charge is 2.15. The van der Waals surface area contributed by atoms with Gasteiger partial charge >= 0.3 is 0 Å². The summed E-state index contributed by atoms with van der Waals surface area (Å²) < 4.78 is 5.52. The van der Waals surface area contributed by atoms with Crippen molar-refractivity contribution >= 4 is 11.8 Å². The molecule has 0 saturated carbocycles. The Balaban J connectivity index is 1.75. The number of rotatable bonds is 7. The number of nitrogens with zero attached hydrogens (tertiary/aromatic N) is 1. The number of nitrogens with one attached hydrogen (secondary N) is 2. The Kier molecular flexibility index (Phi) is 6.55. The van der Waals surface area contributed by atoms with E-state index in [0.29, 0.717) is 23.4 Å². The Morgan fingerprint density at radius 2 is 1.68 bits per heavy atom. The molecule has 0 bridgehead atoms. The first-order chi connectivity index (χ1) is 12.1. The van der Waals surface area contributed by atoms with Gasteiger partial charge in [0.05, 0.1) is 5.56 Å². The fourth-order valence-corrected chi connectivity index (χ4v) is 2.10. The monoisotopic (exact) mass is 337 g/mol. The number of benzene rings is 2. The van der Waals surface area contributed by atoms with Crippen LogP contribution in [0.3, 0.4) is 0 Å². The van der Waals surface area contributed by atoms with E-state index in [2.05, 4.69) is 10.6 Å². The Morgan fingerprint density at radius 1 is 1.04 bits per heavy atom. The van der Waals surface area contributed by atoms with Crippen molar-refractivity contribution in [2.45, 2.75) is 13.0 Å². The smallest absolute Gasteiger partial charge is 0.260 e. The molecule has 25 heavy (non-hydrogen) atoms. The first-order valence-corrected chi connectivity index (χ1v) is 7.88. The molecular formula is C19H19N3O3. The normalized spacial score (nSPS) is 11.0. The predicted octanol–water partition coefficient (Wildman–Crippen LogP) is 1.87. The van der Waals surface area contributed by atoms with Crippen LogP contribution in [0.15, 0.2) is 54.6 Å². The summed E-state index contributed by atoms with van der Waals surface area (Å²) in [6, 6.07) is 17.6.